The number of anilines is 1. The second kappa shape index (κ2) is 52.9. The molecule has 1 aromatic rings. The summed E-state index contributed by atoms with van der Waals surface area (Å²) in [6, 6.07) is -0.422. The highest BCUT2D eigenvalue weighted by Crippen LogP contribution is 2.47. The van der Waals surface area contributed by atoms with Gasteiger partial charge >= 0.3 is 24.3 Å². The molecule has 1 aromatic heterocycles. The highest BCUT2D eigenvalue weighted by molar-refractivity contribution is 5.87. The normalized spacial score (nSPS) is 19.5. The van der Waals surface area contributed by atoms with E-state index in [1.165, 1.54) is 231 Å². The van der Waals surface area contributed by atoms with Crippen molar-refractivity contribution in [3.63, 3.8) is 0 Å². The monoisotopic (exact) mass is 1350 g/mol. The maximum Gasteiger partial charge on any atom is 0.407 e. The third kappa shape index (κ3) is 44.9. The summed E-state index contributed by atoms with van der Waals surface area (Å²) in [7, 11) is 0. The Morgan fingerprint density at radius 2 is 0.760 bits per heavy atom. The lowest BCUT2D eigenvalue weighted by atomic mass is 9.62. The van der Waals surface area contributed by atoms with Gasteiger partial charge in [-0.3, -0.25) is 15.1 Å². The molecule has 0 radical (unpaired) electrons. The average molecular weight is 1350 g/mol. The molecule has 0 spiro atoms. The number of carbonyl (C=O) groups is 4. The minimum atomic E-state index is -0.417. The third-order valence-corrected chi connectivity index (χ3v) is 20.7. The molecule has 6 N–H and O–H groups in total. The molecule has 5 amide bonds. The van der Waals surface area contributed by atoms with E-state index in [-0.39, 0.29) is 63.5 Å². The van der Waals surface area contributed by atoms with Gasteiger partial charge in [0.1, 0.15) is 0 Å². The molecule has 2 fully saturated rings. The van der Waals surface area contributed by atoms with E-state index in [1.807, 2.05) is 6.92 Å². The SMILES string of the molecule is CCCCCCCCCCCCC(CCCCCCCCCC)COC(=O)NC1CC(C)(C)CC(C)(CNC(=O)Nc2nc(C)c(C)c(=O)[nH]2)C1.CCCCCCCCCCCCC(CCCCCCCCCC)COC(=O)NC1CC(C)(C)CC(C)(CNC(=O)OCCC)C1. The van der Waals surface area contributed by atoms with E-state index in [0.717, 1.165) is 70.6 Å². The fourth-order valence-electron chi connectivity index (χ4n) is 15.8. The lowest BCUT2D eigenvalue weighted by molar-refractivity contribution is 0.0595. The van der Waals surface area contributed by atoms with Gasteiger partial charge in [-0.25, -0.2) is 24.2 Å². The number of carbonyl (C=O) groups excluding carboxylic acids is 4. The van der Waals surface area contributed by atoms with Crippen molar-refractivity contribution in [1.82, 2.24) is 31.2 Å². The number of ether oxygens (including phenoxy) is 3. The van der Waals surface area contributed by atoms with Gasteiger partial charge in [-0.05, 0) is 118 Å². The summed E-state index contributed by atoms with van der Waals surface area (Å²) < 4.78 is 17.1. The van der Waals surface area contributed by atoms with Crippen LogP contribution in [0.1, 0.15) is 389 Å². The minimum Gasteiger partial charge on any atom is -0.450 e. The van der Waals surface area contributed by atoms with Crippen LogP contribution >= 0.6 is 0 Å². The molecule has 560 valence electrons. The Labute approximate surface area is 589 Å². The van der Waals surface area contributed by atoms with E-state index in [4.69, 9.17) is 14.2 Å². The summed E-state index contributed by atoms with van der Waals surface area (Å²) in [5.41, 5.74) is 0.553. The summed E-state index contributed by atoms with van der Waals surface area (Å²) >= 11 is 0. The number of aromatic nitrogens is 2. The summed E-state index contributed by atoms with van der Waals surface area (Å²) in [5, 5.41) is 15.0. The molecular weight excluding hydrogens is 1200 g/mol. The Bertz CT molecular complexity index is 2220. The van der Waals surface area contributed by atoms with Crippen LogP contribution in [0.2, 0.25) is 0 Å². The van der Waals surface area contributed by atoms with Gasteiger partial charge in [0.2, 0.25) is 5.95 Å². The van der Waals surface area contributed by atoms with Gasteiger partial charge in [0.15, 0.2) is 0 Å². The highest BCUT2D eigenvalue weighted by Gasteiger charge is 2.43. The molecule has 6 unspecified atom stereocenters. The molecule has 2 aliphatic rings. The maximum atomic E-state index is 13.2. The second-order valence-corrected chi connectivity index (χ2v) is 32.6. The summed E-state index contributed by atoms with van der Waals surface area (Å²) in [5.74, 6) is 1.00. The topological polar surface area (TPSA) is 202 Å². The molecule has 0 saturated heterocycles. The number of nitrogens with zero attached hydrogens (tertiary/aromatic N) is 1. The van der Waals surface area contributed by atoms with E-state index in [0.29, 0.717) is 56.0 Å². The quantitative estimate of drug-likeness (QED) is 0.0271. The average Bonchev–Trinajstić information content (AvgIpc) is 0.963. The number of amides is 5. The Kier molecular flexibility index (Phi) is 48.5. The van der Waals surface area contributed by atoms with Crippen molar-refractivity contribution in [1.29, 1.82) is 0 Å². The van der Waals surface area contributed by atoms with Crippen molar-refractivity contribution in [3.8, 4) is 0 Å². The molecule has 6 atom stereocenters. The highest BCUT2D eigenvalue weighted by atomic mass is 16.6. The van der Waals surface area contributed by atoms with Crippen LogP contribution in [0.4, 0.5) is 25.1 Å². The van der Waals surface area contributed by atoms with Gasteiger partial charge in [0, 0.05) is 36.4 Å². The maximum absolute atomic E-state index is 13.2. The molecule has 15 heteroatoms. The van der Waals surface area contributed by atoms with Gasteiger partial charge in [-0.2, -0.15) is 0 Å². The number of urea groups is 1. The Hall–Kier alpha value is -4.04. The lowest BCUT2D eigenvalue weighted by Gasteiger charge is -2.46. The number of hydrogen-bond donors (Lipinski definition) is 6. The Balaban J connectivity index is 0.000000659. The molecule has 0 bridgehead atoms. The van der Waals surface area contributed by atoms with Crippen LogP contribution in [0.25, 0.3) is 0 Å². The van der Waals surface area contributed by atoms with Gasteiger partial charge in [-0.15, -0.1) is 0 Å². The lowest BCUT2D eigenvalue weighted by Crippen LogP contribution is -2.51. The molecule has 2 saturated carbocycles. The first-order valence-corrected chi connectivity index (χ1v) is 40.4. The van der Waals surface area contributed by atoms with Crippen LogP contribution in [0.15, 0.2) is 4.79 Å². The number of rotatable bonds is 53. The number of aryl methyl sites for hydroxylation is 1. The number of nitrogens with one attached hydrogen (secondary N) is 6. The van der Waals surface area contributed by atoms with Crippen LogP contribution < -0.4 is 32.1 Å². The minimum absolute atomic E-state index is 0.0153. The van der Waals surface area contributed by atoms with E-state index < -0.39 is 6.03 Å². The molecule has 3 rings (SSSR count). The predicted octanol–water partition coefficient (Wildman–Crippen LogP) is 23.2. The first-order chi connectivity index (χ1) is 46.0. The fraction of sp³-hybridized carbons (Fsp3) is 0.901. The van der Waals surface area contributed by atoms with Gasteiger partial charge in [-0.1, -0.05) is 307 Å². The zero-order valence-electron chi connectivity index (χ0n) is 64.8. The Morgan fingerprint density at radius 3 is 1.08 bits per heavy atom. The number of hydrogen-bond acceptors (Lipinski definition) is 9. The number of H-pyrrole nitrogens is 1. The predicted molar refractivity (Wildman–Crippen MR) is 403 cm³/mol. The van der Waals surface area contributed by atoms with Crippen molar-refractivity contribution < 1.29 is 33.4 Å². The van der Waals surface area contributed by atoms with Gasteiger partial charge in [0.05, 0.1) is 19.8 Å². The number of alkyl carbamates (subject to hydrolysis) is 3. The van der Waals surface area contributed by atoms with Crippen LogP contribution in [0.3, 0.4) is 0 Å². The van der Waals surface area contributed by atoms with Crippen LogP contribution in [-0.2, 0) is 14.2 Å². The fourth-order valence-corrected chi connectivity index (χ4v) is 15.8. The van der Waals surface area contributed by atoms with E-state index in [2.05, 4.69) is 106 Å². The van der Waals surface area contributed by atoms with Crippen molar-refractivity contribution in [2.75, 3.05) is 38.2 Å². The molecule has 0 aromatic carbocycles. The van der Waals surface area contributed by atoms with Crippen molar-refractivity contribution in [2.24, 2.45) is 33.5 Å². The van der Waals surface area contributed by atoms with E-state index >= 15 is 0 Å². The van der Waals surface area contributed by atoms with Crippen molar-refractivity contribution in [2.45, 2.75) is 404 Å². The number of aromatic amines is 1. The third-order valence-electron chi connectivity index (χ3n) is 20.7. The first-order valence-electron chi connectivity index (χ1n) is 40.4. The smallest absolute Gasteiger partial charge is 0.407 e. The number of unbranched alkanes of at least 4 members (excludes halogenated alkanes) is 32. The van der Waals surface area contributed by atoms with Crippen LogP contribution in [0, 0.1) is 47.3 Å². The van der Waals surface area contributed by atoms with Crippen molar-refractivity contribution in [3.05, 3.63) is 21.6 Å². The zero-order valence-corrected chi connectivity index (χ0v) is 64.8. The molecule has 2 aliphatic carbocycles. The van der Waals surface area contributed by atoms with Gasteiger partial charge in [0.25, 0.3) is 5.56 Å². The molecule has 0 aliphatic heterocycles. The van der Waals surface area contributed by atoms with Crippen LogP contribution in [-0.4, -0.2) is 79.3 Å². The molecular formula is C81H153N7O8. The summed E-state index contributed by atoms with van der Waals surface area (Å²) in [6.45, 7) is 30.3. The summed E-state index contributed by atoms with van der Waals surface area (Å²) in [6.07, 6.45) is 57.6. The van der Waals surface area contributed by atoms with Crippen molar-refractivity contribution >= 4 is 30.3 Å². The van der Waals surface area contributed by atoms with Gasteiger partial charge < -0.3 is 35.5 Å². The zero-order chi connectivity index (χ0) is 70.8. The second-order valence-electron chi connectivity index (χ2n) is 32.6. The largest absolute Gasteiger partial charge is 0.450 e. The molecule has 96 heavy (non-hydrogen) atoms. The standard InChI is InChI=1S/C42H77N5O4.C39H76N2O4/c1-8-10-12-14-16-18-19-21-23-25-27-35(26-24-22-20-17-15-13-11-9-2)30-51-40(50)45-36-28-41(5,6)31-42(7,29-36)32-43-39(49)47-38-44-34(4)33(3)37(48)46-38;1-7-10-12-14-16-18-19-21-23-25-27-34(26-24-22-20-17-15-13-11-8-2)31-45-37(43)41-35-29-38(4,5)32-39(6,30-35)33-40-36(42)44-28-9-3/h35-36H,8-32H2,1-7H3,(H,45,50)(H3,43,44,46,47,48,49);34-35H,7-33H2,1-6H3,(H,40,42)(H,41,43). The molecule has 1 heterocycles. The van der Waals surface area contributed by atoms with E-state index in [9.17, 15) is 24.0 Å². The Morgan fingerprint density at radius 1 is 0.438 bits per heavy atom. The molecule has 15 nitrogen and oxygen atoms in total. The van der Waals surface area contributed by atoms with Crippen LogP contribution in [0.5, 0.6) is 0 Å². The first kappa shape index (κ1) is 88.0. The van der Waals surface area contributed by atoms with E-state index in [1.54, 1.807) is 13.8 Å². The summed E-state index contributed by atoms with van der Waals surface area (Å²) in [4.78, 5) is 70.0.